The largest absolute Gasteiger partial charge is 0.347 e. The van der Waals surface area contributed by atoms with Crippen LogP contribution in [0.1, 0.15) is 27.2 Å². The van der Waals surface area contributed by atoms with Gasteiger partial charge in [0.1, 0.15) is 5.69 Å². The normalized spacial score (nSPS) is 10.3. The van der Waals surface area contributed by atoms with Crippen molar-refractivity contribution in [3.8, 4) is 0 Å². The number of aromatic nitrogens is 2. The maximum Gasteiger partial charge on any atom is 0.270 e. The molecule has 0 saturated carbocycles. The minimum absolute atomic E-state index is 0.224. The van der Waals surface area contributed by atoms with Crippen molar-refractivity contribution in [2.75, 3.05) is 5.32 Å². The topological polar surface area (TPSA) is 66.9 Å². The van der Waals surface area contributed by atoms with Crippen LogP contribution in [-0.4, -0.2) is 15.9 Å². The molecule has 0 unspecified atom stereocenters. The van der Waals surface area contributed by atoms with E-state index < -0.39 is 0 Å². The Morgan fingerprint density at radius 3 is 2.52 bits per heavy atom. The molecule has 0 aliphatic heterocycles. The van der Waals surface area contributed by atoms with Gasteiger partial charge in [-0.05, 0) is 43.2 Å². The molecule has 2 N–H and O–H groups in total. The highest BCUT2D eigenvalue weighted by molar-refractivity contribution is 5.92. The lowest BCUT2D eigenvalue weighted by molar-refractivity contribution is 0.0946. The van der Waals surface area contributed by atoms with Crippen molar-refractivity contribution in [3.63, 3.8) is 0 Å². The second-order valence-electron chi connectivity index (χ2n) is 5.87. The summed E-state index contributed by atoms with van der Waals surface area (Å²) >= 11 is 0. The van der Waals surface area contributed by atoms with Crippen molar-refractivity contribution in [2.24, 2.45) is 0 Å². The van der Waals surface area contributed by atoms with Gasteiger partial charge in [0.2, 0.25) is 5.95 Å². The monoisotopic (exact) mass is 332 g/mol. The summed E-state index contributed by atoms with van der Waals surface area (Å²) in [5.74, 6) is 0.171. The number of amides is 1. The van der Waals surface area contributed by atoms with Crippen LogP contribution >= 0.6 is 0 Å². The Kier molecular flexibility index (Phi) is 5.04. The highest BCUT2D eigenvalue weighted by atomic mass is 16.1. The van der Waals surface area contributed by atoms with Gasteiger partial charge >= 0.3 is 0 Å². The van der Waals surface area contributed by atoms with Crippen molar-refractivity contribution in [3.05, 3.63) is 83.2 Å². The van der Waals surface area contributed by atoms with Gasteiger partial charge in [-0.15, -0.1) is 0 Å². The Balaban J connectivity index is 1.67. The molecule has 3 aromatic rings. The smallest absolute Gasteiger partial charge is 0.270 e. The quantitative estimate of drug-likeness (QED) is 0.746. The Morgan fingerprint density at radius 2 is 1.76 bits per heavy atom. The van der Waals surface area contributed by atoms with Crippen LogP contribution in [0.2, 0.25) is 0 Å². The Hall–Kier alpha value is -3.21. The van der Waals surface area contributed by atoms with Crippen molar-refractivity contribution in [1.82, 2.24) is 15.3 Å². The van der Waals surface area contributed by atoms with Gasteiger partial charge in [-0.3, -0.25) is 4.79 Å². The van der Waals surface area contributed by atoms with Crippen LogP contribution in [0.5, 0.6) is 0 Å². The molecule has 0 saturated heterocycles. The van der Waals surface area contributed by atoms with E-state index in [2.05, 4.69) is 20.6 Å². The first-order chi connectivity index (χ1) is 12.1. The van der Waals surface area contributed by atoms with E-state index in [0.29, 0.717) is 18.2 Å². The Labute approximate surface area is 147 Å². The fraction of sp³-hybridized carbons (Fsp3) is 0.150. The van der Waals surface area contributed by atoms with Crippen LogP contribution in [0.25, 0.3) is 0 Å². The molecule has 0 bridgehead atoms. The molecule has 0 radical (unpaired) electrons. The van der Waals surface area contributed by atoms with Crippen LogP contribution in [0, 0.1) is 13.8 Å². The molecule has 0 fully saturated rings. The predicted molar refractivity (Wildman–Crippen MR) is 98.8 cm³/mol. The number of benzene rings is 2. The first kappa shape index (κ1) is 16.6. The molecule has 3 rings (SSSR count). The lowest BCUT2D eigenvalue weighted by Gasteiger charge is -2.09. The highest BCUT2D eigenvalue weighted by Gasteiger charge is 2.09. The zero-order chi connectivity index (χ0) is 17.6. The lowest BCUT2D eigenvalue weighted by atomic mass is 10.1. The van der Waals surface area contributed by atoms with E-state index in [9.17, 15) is 4.79 Å². The number of rotatable bonds is 5. The number of hydrogen-bond donors (Lipinski definition) is 2. The number of nitrogens with one attached hydrogen (secondary N) is 2. The predicted octanol–water partition coefficient (Wildman–Crippen LogP) is 3.77. The van der Waals surface area contributed by atoms with Gasteiger partial charge in [0.25, 0.3) is 5.91 Å². The van der Waals surface area contributed by atoms with E-state index in [1.165, 1.54) is 5.56 Å². The second-order valence-corrected chi connectivity index (χ2v) is 5.87. The van der Waals surface area contributed by atoms with Gasteiger partial charge in [0.05, 0.1) is 0 Å². The minimum Gasteiger partial charge on any atom is -0.347 e. The summed E-state index contributed by atoms with van der Waals surface area (Å²) < 4.78 is 0. The molecule has 0 atom stereocenters. The zero-order valence-electron chi connectivity index (χ0n) is 14.3. The number of hydrogen-bond acceptors (Lipinski definition) is 4. The van der Waals surface area contributed by atoms with Gasteiger partial charge in [-0.1, -0.05) is 42.0 Å². The average Bonchev–Trinajstić information content (AvgIpc) is 2.63. The molecule has 1 heterocycles. The van der Waals surface area contributed by atoms with Crippen molar-refractivity contribution >= 4 is 17.5 Å². The molecule has 5 heteroatoms. The molecule has 0 spiro atoms. The summed E-state index contributed by atoms with van der Waals surface area (Å²) in [5, 5.41) is 6.00. The van der Waals surface area contributed by atoms with Crippen LogP contribution in [0.15, 0.2) is 60.8 Å². The van der Waals surface area contributed by atoms with E-state index in [-0.39, 0.29) is 5.91 Å². The summed E-state index contributed by atoms with van der Waals surface area (Å²) in [6.07, 6.45) is 1.58. The summed E-state index contributed by atoms with van der Waals surface area (Å²) in [6, 6.07) is 17.5. The van der Waals surface area contributed by atoms with Gasteiger partial charge in [-0.25, -0.2) is 9.97 Å². The van der Waals surface area contributed by atoms with Crippen molar-refractivity contribution in [2.45, 2.75) is 20.4 Å². The third-order valence-electron chi connectivity index (χ3n) is 3.90. The Morgan fingerprint density at radius 1 is 1.00 bits per heavy atom. The second kappa shape index (κ2) is 7.57. The molecule has 2 aromatic carbocycles. The molecule has 25 heavy (non-hydrogen) atoms. The number of nitrogens with zero attached hydrogens (tertiary/aromatic N) is 2. The van der Waals surface area contributed by atoms with Crippen LogP contribution in [0.3, 0.4) is 0 Å². The van der Waals surface area contributed by atoms with E-state index >= 15 is 0 Å². The van der Waals surface area contributed by atoms with E-state index in [1.54, 1.807) is 12.3 Å². The molecule has 0 aliphatic rings. The van der Waals surface area contributed by atoms with Gasteiger partial charge < -0.3 is 10.6 Å². The molecule has 5 nitrogen and oxygen atoms in total. The van der Waals surface area contributed by atoms with Crippen LogP contribution in [-0.2, 0) is 6.54 Å². The molecule has 126 valence electrons. The molecule has 0 aliphatic carbocycles. The first-order valence-electron chi connectivity index (χ1n) is 8.11. The van der Waals surface area contributed by atoms with Gasteiger partial charge in [0, 0.05) is 18.4 Å². The number of carbonyl (C=O) groups is 1. The van der Waals surface area contributed by atoms with Gasteiger partial charge in [-0.2, -0.15) is 0 Å². The van der Waals surface area contributed by atoms with E-state index in [4.69, 9.17) is 0 Å². The number of carbonyl (C=O) groups excluding carboxylic acids is 1. The van der Waals surface area contributed by atoms with Crippen molar-refractivity contribution in [1.29, 1.82) is 0 Å². The summed E-state index contributed by atoms with van der Waals surface area (Å²) in [5.41, 5.74) is 4.62. The maximum atomic E-state index is 12.3. The Bertz CT molecular complexity index is 875. The van der Waals surface area contributed by atoms with Crippen molar-refractivity contribution < 1.29 is 4.79 Å². The molecular weight excluding hydrogens is 312 g/mol. The number of anilines is 2. The van der Waals surface area contributed by atoms with E-state index in [1.807, 2.05) is 62.4 Å². The minimum atomic E-state index is -0.224. The van der Waals surface area contributed by atoms with Crippen LogP contribution in [0.4, 0.5) is 11.6 Å². The molecule has 1 aromatic heterocycles. The molecular formula is C20H20N4O. The SMILES string of the molecule is Cc1ccc(Nc2nccc(C(=O)NCc3ccccc3C)n2)cc1. The molecule has 1 amide bonds. The zero-order valence-corrected chi connectivity index (χ0v) is 14.3. The first-order valence-corrected chi connectivity index (χ1v) is 8.11. The van der Waals surface area contributed by atoms with Gasteiger partial charge in [0.15, 0.2) is 0 Å². The third-order valence-corrected chi connectivity index (χ3v) is 3.90. The summed E-state index contributed by atoms with van der Waals surface area (Å²) in [4.78, 5) is 20.8. The average molecular weight is 332 g/mol. The fourth-order valence-corrected chi connectivity index (χ4v) is 2.39. The highest BCUT2D eigenvalue weighted by Crippen LogP contribution is 2.13. The summed E-state index contributed by atoms with van der Waals surface area (Å²) in [6.45, 7) is 4.52. The third kappa shape index (κ3) is 4.41. The fourth-order valence-electron chi connectivity index (χ4n) is 2.39. The van der Waals surface area contributed by atoms with E-state index in [0.717, 1.165) is 16.8 Å². The lowest BCUT2D eigenvalue weighted by Crippen LogP contribution is -2.24. The standard InChI is InChI=1S/C20H20N4O/c1-14-7-9-17(10-8-14)23-20-21-12-11-18(24-20)19(25)22-13-16-6-4-3-5-15(16)2/h3-12H,13H2,1-2H3,(H,22,25)(H,21,23,24). The van der Waals surface area contributed by atoms with Crippen LogP contribution < -0.4 is 10.6 Å². The summed E-state index contributed by atoms with van der Waals surface area (Å²) in [7, 11) is 0. The number of aryl methyl sites for hydroxylation is 2. The maximum absolute atomic E-state index is 12.3.